The minimum absolute atomic E-state index is 0.147. The molecule has 0 saturated carbocycles. The Morgan fingerprint density at radius 2 is 1.69 bits per heavy atom. The van der Waals surface area contributed by atoms with Crippen molar-refractivity contribution in [2.75, 3.05) is 13.1 Å². The van der Waals surface area contributed by atoms with Crippen molar-refractivity contribution in [3.8, 4) is 5.88 Å². The molecule has 1 amide bonds. The minimum atomic E-state index is -3.56. The quantitative estimate of drug-likeness (QED) is 0.637. The van der Waals surface area contributed by atoms with Crippen LogP contribution in [0, 0.1) is 5.92 Å². The molecule has 29 heavy (non-hydrogen) atoms. The lowest BCUT2D eigenvalue weighted by atomic mass is 9.98. The molecule has 2 N–H and O–H groups in total. The van der Waals surface area contributed by atoms with Crippen LogP contribution in [0.3, 0.4) is 0 Å². The van der Waals surface area contributed by atoms with E-state index in [4.69, 9.17) is 0 Å². The summed E-state index contributed by atoms with van der Waals surface area (Å²) in [5, 5.41) is 18.4. The average molecular weight is 412 g/mol. The van der Waals surface area contributed by atoms with Crippen molar-refractivity contribution in [1.82, 2.24) is 9.29 Å². The van der Waals surface area contributed by atoms with E-state index in [2.05, 4.69) is 15.2 Å². The first kappa shape index (κ1) is 19.3. The molecule has 4 rings (SSSR count). The number of aromatic amines is 1. The fraction of sp³-hybridized carbons (Fsp3) is 0.250. The standard InChI is InChI=1S/C20H20N4O4S/c25-19(23-22-18-16-8-4-5-9-17(16)21-20(18)26)14-10-12-24(13-11-14)29(27,28)15-6-2-1-3-7-15/h1-9,14,21,26H,10-13H2. The van der Waals surface area contributed by atoms with Crippen molar-refractivity contribution in [1.29, 1.82) is 0 Å². The molecule has 0 atom stereocenters. The van der Waals surface area contributed by atoms with Gasteiger partial charge in [-0.25, -0.2) is 8.42 Å². The molecule has 1 aliphatic rings. The molecule has 3 aromatic rings. The normalized spacial score (nSPS) is 16.6. The summed E-state index contributed by atoms with van der Waals surface area (Å²) in [6.45, 7) is 0.503. The highest BCUT2D eigenvalue weighted by Crippen LogP contribution is 2.35. The maximum Gasteiger partial charge on any atom is 0.267 e. The van der Waals surface area contributed by atoms with E-state index < -0.39 is 21.8 Å². The lowest BCUT2D eigenvalue weighted by Gasteiger charge is -2.29. The second-order valence-corrected chi connectivity index (χ2v) is 8.84. The Balaban J connectivity index is 1.43. The Kier molecular flexibility index (Phi) is 5.16. The van der Waals surface area contributed by atoms with E-state index in [0.29, 0.717) is 23.7 Å². The number of fused-ring (bicyclic) bond motifs is 1. The molecule has 2 heterocycles. The van der Waals surface area contributed by atoms with Gasteiger partial charge in [0.2, 0.25) is 15.9 Å². The number of aromatic nitrogens is 1. The van der Waals surface area contributed by atoms with Gasteiger partial charge in [0.05, 0.1) is 10.4 Å². The summed E-state index contributed by atoms with van der Waals surface area (Å²) >= 11 is 0. The van der Waals surface area contributed by atoms with Gasteiger partial charge in [-0.1, -0.05) is 36.4 Å². The number of azo groups is 1. The van der Waals surface area contributed by atoms with Gasteiger partial charge in [0, 0.05) is 24.4 Å². The third-order valence-corrected chi connectivity index (χ3v) is 7.01. The van der Waals surface area contributed by atoms with E-state index in [0.717, 1.165) is 0 Å². The number of nitrogens with zero attached hydrogens (tertiary/aromatic N) is 3. The monoisotopic (exact) mass is 412 g/mol. The molecule has 8 nitrogen and oxygen atoms in total. The van der Waals surface area contributed by atoms with Crippen molar-refractivity contribution in [3.63, 3.8) is 0 Å². The SMILES string of the molecule is O=C(N=Nc1c(O)[nH]c2ccccc12)C1CCN(S(=O)(=O)c2ccccc2)CC1. The summed E-state index contributed by atoms with van der Waals surface area (Å²) < 4.78 is 26.7. The highest BCUT2D eigenvalue weighted by molar-refractivity contribution is 7.89. The van der Waals surface area contributed by atoms with Crippen LogP contribution >= 0.6 is 0 Å². The zero-order valence-corrected chi connectivity index (χ0v) is 16.3. The Bertz CT molecular complexity index is 1160. The molecule has 1 aromatic heterocycles. The van der Waals surface area contributed by atoms with E-state index in [1.54, 1.807) is 48.5 Å². The maximum atomic E-state index is 12.7. The largest absolute Gasteiger partial charge is 0.493 e. The number of amides is 1. The van der Waals surface area contributed by atoms with Crippen LogP contribution in [0.25, 0.3) is 10.9 Å². The molecule has 1 saturated heterocycles. The number of hydrogen-bond acceptors (Lipinski definition) is 5. The zero-order valence-electron chi connectivity index (χ0n) is 15.5. The number of hydrogen-bond donors (Lipinski definition) is 2. The number of carbonyl (C=O) groups excluding carboxylic acids is 1. The number of carbonyl (C=O) groups is 1. The van der Waals surface area contributed by atoms with Crippen LogP contribution in [0.2, 0.25) is 0 Å². The fourth-order valence-electron chi connectivity index (χ4n) is 3.48. The number of rotatable bonds is 4. The van der Waals surface area contributed by atoms with Crippen LogP contribution in [-0.2, 0) is 14.8 Å². The van der Waals surface area contributed by atoms with E-state index in [-0.39, 0.29) is 29.6 Å². The predicted molar refractivity (Wildman–Crippen MR) is 107 cm³/mol. The van der Waals surface area contributed by atoms with Crippen molar-refractivity contribution >= 4 is 32.5 Å². The van der Waals surface area contributed by atoms with E-state index in [9.17, 15) is 18.3 Å². The first-order chi connectivity index (χ1) is 14.0. The molecular formula is C20H20N4O4S. The number of benzene rings is 2. The van der Waals surface area contributed by atoms with Crippen LogP contribution in [0.1, 0.15) is 12.8 Å². The zero-order chi connectivity index (χ0) is 20.4. The number of piperidine rings is 1. The molecule has 0 spiro atoms. The van der Waals surface area contributed by atoms with Crippen LogP contribution in [-0.4, -0.2) is 41.8 Å². The molecule has 9 heteroatoms. The highest BCUT2D eigenvalue weighted by Gasteiger charge is 2.32. The second kappa shape index (κ2) is 7.76. The van der Waals surface area contributed by atoms with E-state index in [1.165, 1.54) is 4.31 Å². The van der Waals surface area contributed by atoms with Crippen molar-refractivity contribution in [2.45, 2.75) is 17.7 Å². The van der Waals surface area contributed by atoms with Crippen LogP contribution < -0.4 is 0 Å². The highest BCUT2D eigenvalue weighted by atomic mass is 32.2. The molecule has 2 aromatic carbocycles. The summed E-state index contributed by atoms with van der Waals surface area (Å²) in [6.07, 6.45) is 0.758. The Hall–Kier alpha value is -3.04. The summed E-state index contributed by atoms with van der Waals surface area (Å²) in [7, 11) is -3.56. The smallest absolute Gasteiger partial charge is 0.267 e. The Labute approximate surface area is 167 Å². The van der Waals surface area contributed by atoms with Gasteiger partial charge in [-0.05, 0) is 31.0 Å². The lowest BCUT2D eigenvalue weighted by molar-refractivity contribution is -0.123. The van der Waals surface area contributed by atoms with Gasteiger partial charge in [-0.2, -0.15) is 4.31 Å². The number of sulfonamides is 1. The van der Waals surface area contributed by atoms with Crippen molar-refractivity contribution in [2.24, 2.45) is 16.1 Å². The van der Waals surface area contributed by atoms with E-state index in [1.807, 2.05) is 6.07 Å². The first-order valence-electron chi connectivity index (χ1n) is 9.27. The van der Waals surface area contributed by atoms with Gasteiger partial charge < -0.3 is 10.1 Å². The number of nitrogens with one attached hydrogen (secondary N) is 1. The topological polar surface area (TPSA) is 115 Å². The average Bonchev–Trinajstić information content (AvgIpc) is 3.07. The first-order valence-corrected chi connectivity index (χ1v) is 10.7. The molecule has 1 fully saturated rings. The molecule has 0 bridgehead atoms. The molecule has 150 valence electrons. The van der Waals surface area contributed by atoms with Gasteiger partial charge in [-0.3, -0.25) is 4.79 Å². The minimum Gasteiger partial charge on any atom is -0.493 e. The fourth-order valence-corrected chi connectivity index (χ4v) is 4.97. The number of aromatic hydroxyl groups is 1. The van der Waals surface area contributed by atoms with Crippen LogP contribution in [0.4, 0.5) is 5.69 Å². The van der Waals surface area contributed by atoms with Gasteiger partial charge in [0.15, 0.2) is 5.69 Å². The van der Waals surface area contributed by atoms with Gasteiger partial charge in [0.1, 0.15) is 0 Å². The number of para-hydroxylation sites is 1. The molecule has 0 aliphatic carbocycles. The predicted octanol–water partition coefficient (Wildman–Crippen LogP) is 3.58. The molecule has 0 radical (unpaired) electrons. The summed E-state index contributed by atoms with van der Waals surface area (Å²) in [5.41, 5.74) is 0.920. The molecule has 0 unspecified atom stereocenters. The van der Waals surface area contributed by atoms with Gasteiger partial charge in [-0.15, -0.1) is 10.2 Å². The second-order valence-electron chi connectivity index (χ2n) is 6.90. The summed E-state index contributed by atoms with van der Waals surface area (Å²) in [4.78, 5) is 15.5. The Morgan fingerprint density at radius 3 is 2.41 bits per heavy atom. The van der Waals surface area contributed by atoms with Crippen molar-refractivity contribution < 1.29 is 18.3 Å². The van der Waals surface area contributed by atoms with E-state index >= 15 is 0 Å². The Morgan fingerprint density at radius 1 is 1.03 bits per heavy atom. The van der Waals surface area contributed by atoms with Gasteiger partial charge >= 0.3 is 0 Å². The number of H-pyrrole nitrogens is 1. The summed E-state index contributed by atoms with van der Waals surface area (Å²) in [6, 6.07) is 15.5. The molecule has 1 aliphatic heterocycles. The van der Waals surface area contributed by atoms with Gasteiger partial charge in [0.25, 0.3) is 5.91 Å². The summed E-state index contributed by atoms with van der Waals surface area (Å²) in [5.74, 6) is -0.953. The van der Waals surface area contributed by atoms with Crippen molar-refractivity contribution in [3.05, 3.63) is 54.6 Å². The third-order valence-electron chi connectivity index (χ3n) is 5.09. The third kappa shape index (κ3) is 3.79. The van der Waals surface area contributed by atoms with Crippen LogP contribution in [0.5, 0.6) is 5.88 Å². The van der Waals surface area contributed by atoms with Crippen LogP contribution in [0.15, 0.2) is 69.7 Å². The lowest BCUT2D eigenvalue weighted by Crippen LogP contribution is -2.39. The molecular weight excluding hydrogens is 392 g/mol. The maximum absolute atomic E-state index is 12.7.